The van der Waals surface area contributed by atoms with Gasteiger partial charge < -0.3 is 14.9 Å². The molecule has 1 aliphatic heterocycles. The molecular formula is C13H24N2O3. The molecule has 104 valence electrons. The number of amides is 2. The van der Waals surface area contributed by atoms with Crippen LogP contribution in [-0.4, -0.2) is 53.6 Å². The molecule has 0 radical (unpaired) electrons. The van der Waals surface area contributed by atoms with E-state index in [1.54, 1.807) is 16.8 Å². The van der Waals surface area contributed by atoms with Crippen molar-refractivity contribution in [3.05, 3.63) is 0 Å². The molecule has 2 amide bonds. The van der Waals surface area contributed by atoms with E-state index in [1.807, 2.05) is 0 Å². The van der Waals surface area contributed by atoms with E-state index in [9.17, 15) is 9.59 Å². The monoisotopic (exact) mass is 256 g/mol. The summed E-state index contributed by atoms with van der Waals surface area (Å²) >= 11 is 0. The summed E-state index contributed by atoms with van der Waals surface area (Å²) in [5, 5.41) is 9.01. The summed E-state index contributed by atoms with van der Waals surface area (Å²) < 4.78 is 0. The highest BCUT2D eigenvalue weighted by Gasteiger charge is 2.29. The summed E-state index contributed by atoms with van der Waals surface area (Å²) in [7, 11) is 1.79. The van der Waals surface area contributed by atoms with E-state index in [0.717, 1.165) is 19.4 Å². The van der Waals surface area contributed by atoms with Gasteiger partial charge in [-0.15, -0.1) is 0 Å². The van der Waals surface area contributed by atoms with Crippen LogP contribution in [0.15, 0.2) is 0 Å². The molecular weight excluding hydrogens is 232 g/mol. The maximum Gasteiger partial charge on any atom is 0.319 e. The second-order valence-corrected chi connectivity index (χ2v) is 5.30. The molecule has 0 bridgehead atoms. The molecule has 2 unspecified atom stereocenters. The molecule has 0 aromatic rings. The minimum absolute atomic E-state index is 0.0405. The average Bonchev–Trinajstić information content (AvgIpc) is 2.37. The van der Waals surface area contributed by atoms with E-state index in [1.165, 1.54) is 0 Å². The lowest BCUT2D eigenvalue weighted by Crippen LogP contribution is -2.48. The first kappa shape index (κ1) is 14.8. The molecule has 0 aromatic carbocycles. The van der Waals surface area contributed by atoms with Gasteiger partial charge in [0.05, 0.1) is 5.92 Å². The summed E-state index contributed by atoms with van der Waals surface area (Å²) in [6, 6.07) is -0.0405. The topological polar surface area (TPSA) is 60.9 Å². The van der Waals surface area contributed by atoms with E-state index >= 15 is 0 Å². The third kappa shape index (κ3) is 3.89. The van der Waals surface area contributed by atoms with Crippen molar-refractivity contribution in [3.8, 4) is 0 Å². The summed E-state index contributed by atoms with van der Waals surface area (Å²) in [6.45, 7) is 5.96. The van der Waals surface area contributed by atoms with E-state index in [-0.39, 0.29) is 6.03 Å². The number of carboxylic acid groups (broad SMARTS) is 1. The first-order chi connectivity index (χ1) is 8.45. The van der Waals surface area contributed by atoms with E-state index in [4.69, 9.17) is 5.11 Å². The summed E-state index contributed by atoms with van der Waals surface area (Å²) in [5.74, 6) is -0.726. The number of hydrogen-bond acceptors (Lipinski definition) is 2. The van der Waals surface area contributed by atoms with Crippen molar-refractivity contribution in [1.82, 2.24) is 9.80 Å². The molecule has 0 spiro atoms. The SMILES string of the molecule is CCC(C)CN(C)C(=O)N1CCCC(C(=O)O)C1. The molecule has 1 saturated heterocycles. The van der Waals surface area contributed by atoms with Crippen molar-refractivity contribution >= 4 is 12.0 Å². The second kappa shape index (κ2) is 6.61. The van der Waals surface area contributed by atoms with Crippen LogP contribution in [0.1, 0.15) is 33.1 Å². The first-order valence-corrected chi connectivity index (χ1v) is 6.68. The van der Waals surface area contributed by atoms with Crippen LogP contribution in [0.3, 0.4) is 0 Å². The number of carbonyl (C=O) groups excluding carboxylic acids is 1. The second-order valence-electron chi connectivity index (χ2n) is 5.30. The standard InChI is InChI=1S/C13H24N2O3/c1-4-10(2)8-14(3)13(18)15-7-5-6-11(9-15)12(16)17/h10-11H,4-9H2,1-3H3,(H,16,17). The molecule has 0 aliphatic carbocycles. The van der Waals surface area contributed by atoms with Crippen molar-refractivity contribution in [1.29, 1.82) is 0 Å². The van der Waals surface area contributed by atoms with Crippen molar-refractivity contribution < 1.29 is 14.7 Å². The third-order valence-electron chi connectivity index (χ3n) is 3.65. The van der Waals surface area contributed by atoms with Gasteiger partial charge in [-0.1, -0.05) is 20.3 Å². The van der Waals surface area contributed by atoms with Gasteiger partial charge in [0.1, 0.15) is 0 Å². The molecule has 1 N–H and O–H groups in total. The number of rotatable bonds is 4. The number of piperidine rings is 1. The van der Waals surface area contributed by atoms with Gasteiger partial charge in [-0.3, -0.25) is 4.79 Å². The highest BCUT2D eigenvalue weighted by molar-refractivity contribution is 5.76. The first-order valence-electron chi connectivity index (χ1n) is 6.68. The Morgan fingerprint density at radius 2 is 2.17 bits per heavy atom. The Hall–Kier alpha value is -1.26. The maximum atomic E-state index is 12.2. The largest absolute Gasteiger partial charge is 0.481 e. The van der Waals surface area contributed by atoms with Crippen molar-refractivity contribution in [2.75, 3.05) is 26.7 Å². The van der Waals surface area contributed by atoms with Gasteiger partial charge in [-0.05, 0) is 18.8 Å². The lowest BCUT2D eigenvalue weighted by molar-refractivity contribution is -0.143. The Balaban J connectivity index is 2.52. The highest BCUT2D eigenvalue weighted by Crippen LogP contribution is 2.18. The van der Waals surface area contributed by atoms with Crippen LogP contribution in [0, 0.1) is 11.8 Å². The number of nitrogens with zero attached hydrogens (tertiary/aromatic N) is 2. The predicted octanol–water partition coefficient (Wildman–Crippen LogP) is 1.88. The maximum absolute atomic E-state index is 12.2. The predicted molar refractivity (Wildman–Crippen MR) is 69.4 cm³/mol. The molecule has 5 heteroatoms. The number of hydrogen-bond donors (Lipinski definition) is 1. The van der Waals surface area contributed by atoms with Gasteiger partial charge in [0.25, 0.3) is 0 Å². The fraction of sp³-hybridized carbons (Fsp3) is 0.846. The van der Waals surface area contributed by atoms with Crippen molar-refractivity contribution in [3.63, 3.8) is 0 Å². The van der Waals surface area contributed by atoms with Crippen LogP contribution >= 0.6 is 0 Å². The molecule has 1 rings (SSSR count). The normalized spacial score (nSPS) is 21.5. The minimum atomic E-state index is -0.794. The zero-order chi connectivity index (χ0) is 13.7. The van der Waals surface area contributed by atoms with Crippen molar-refractivity contribution in [2.45, 2.75) is 33.1 Å². The minimum Gasteiger partial charge on any atom is -0.481 e. The molecule has 2 atom stereocenters. The number of carbonyl (C=O) groups is 2. The van der Waals surface area contributed by atoms with E-state index in [0.29, 0.717) is 25.4 Å². The van der Waals surface area contributed by atoms with Crippen LogP contribution in [0.25, 0.3) is 0 Å². The number of carboxylic acids is 1. The van der Waals surface area contributed by atoms with Gasteiger partial charge in [-0.25, -0.2) is 4.79 Å². The summed E-state index contributed by atoms with van der Waals surface area (Å²) in [6.07, 6.45) is 2.49. The Morgan fingerprint density at radius 1 is 1.50 bits per heavy atom. The Labute approximate surface area is 109 Å². The Morgan fingerprint density at radius 3 is 2.72 bits per heavy atom. The number of urea groups is 1. The highest BCUT2D eigenvalue weighted by atomic mass is 16.4. The molecule has 1 heterocycles. The Kier molecular flexibility index (Phi) is 5.44. The molecule has 0 aromatic heterocycles. The lowest BCUT2D eigenvalue weighted by Gasteiger charge is -2.34. The zero-order valence-corrected chi connectivity index (χ0v) is 11.6. The number of likely N-dealkylation sites (tertiary alicyclic amines) is 1. The molecule has 5 nitrogen and oxygen atoms in total. The van der Waals surface area contributed by atoms with Crippen LogP contribution in [0.2, 0.25) is 0 Å². The van der Waals surface area contributed by atoms with Gasteiger partial charge in [0.2, 0.25) is 0 Å². The van der Waals surface area contributed by atoms with E-state index < -0.39 is 11.9 Å². The molecule has 0 saturated carbocycles. The Bertz CT molecular complexity index is 307. The lowest BCUT2D eigenvalue weighted by atomic mass is 9.98. The fourth-order valence-electron chi connectivity index (χ4n) is 2.27. The van der Waals surface area contributed by atoms with Crippen LogP contribution in [0.5, 0.6) is 0 Å². The molecule has 1 aliphatic rings. The van der Waals surface area contributed by atoms with Gasteiger partial charge >= 0.3 is 12.0 Å². The fourth-order valence-corrected chi connectivity index (χ4v) is 2.27. The number of aliphatic carboxylic acids is 1. The summed E-state index contributed by atoms with van der Waals surface area (Å²) in [4.78, 5) is 26.5. The van der Waals surface area contributed by atoms with Gasteiger partial charge in [0.15, 0.2) is 0 Å². The smallest absolute Gasteiger partial charge is 0.319 e. The van der Waals surface area contributed by atoms with Crippen molar-refractivity contribution in [2.24, 2.45) is 11.8 Å². The quantitative estimate of drug-likeness (QED) is 0.835. The van der Waals surface area contributed by atoms with Gasteiger partial charge in [0, 0.05) is 26.7 Å². The van der Waals surface area contributed by atoms with E-state index in [2.05, 4.69) is 13.8 Å². The molecule has 1 fully saturated rings. The van der Waals surface area contributed by atoms with Crippen LogP contribution in [-0.2, 0) is 4.79 Å². The third-order valence-corrected chi connectivity index (χ3v) is 3.65. The molecule has 18 heavy (non-hydrogen) atoms. The van der Waals surface area contributed by atoms with Crippen LogP contribution < -0.4 is 0 Å². The summed E-state index contributed by atoms with van der Waals surface area (Å²) in [5.41, 5.74) is 0. The zero-order valence-electron chi connectivity index (χ0n) is 11.6. The average molecular weight is 256 g/mol. The van der Waals surface area contributed by atoms with Gasteiger partial charge in [-0.2, -0.15) is 0 Å². The van der Waals surface area contributed by atoms with Crippen LogP contribution in [0.4, 0.5) is 4.79 Å².